The molecule has 0 radical (unpaired) electrons. The van der Waals surface area contributed by atoms with Crippen LogP contribution in [0.1, 0.15) is 43.9 Å². The second kappa shape index (κ2) is 9.90. The maximum absolute atomic E-state index is 14.2. The van der Waals surface area contributed by atoms with Crippen molar-refractivity contribution in [3.05, 3.63) is 71.8 Å². The topological polar surface area (TPSA) is 98.7 Å². The van der Waals surface area contributed by atoms with Gasteiger partial charge in [-0.05, 0) is 37.8 Å². The Hall–Kier alpha value is -2.84. The zero-order valence-corrected chi connectivity index (χ0v) is 21.4. The van der Waals surface area contributed by atoms with Crippen LogP contribution < -0.4 is 10.6 Å². The van der Waals surface area contributed by atoms with Crippen molar-refractivity contribution >= 4 is 29.5 Å². The van der Waals surface area contributed by atoms with Gasteiger partial charge in [0, 0.05) is 17.8 Å². The van der Waals surface area contributed by atoms with Gasteiger partial charge in [-0.25, -0.2) is 0 Å². The molecule has 5 rings (SSSR count). The number of carbonyl (C=O) groups is 3. The summed E-state index contributed by atoms with van der Waals surface area (Å²) in [7, 11) is 0. The summed E-state index contributed by atoms with van der Waals surface area (Å²) in [5.74, 6) is -1.67. The number of thioether (sulfide) groups is 1. The smallest absolute Gasteiger partial charge is 0.244 e. The molecule has 0 saturated carbocycles. The summed E-state index contributed by atoms with van der Waals surface area (Å²) >= 11 is 1.64. The number of benzene rings is 2. The van der Waals surface area contributed by atoms with Crippen LogP contribution >= 0.6 is 11.8 Å². The van der Waals surface area contributed by atoms with E-state index in [0.717, 1.165) is 17.5 Å². The van der Waals surface area contributed by atoms with E-state index >= 15 is 0 Å². The van der Waals surface area contributed by atoms with Crippen LogP contribution in [0.4, 0.5) is 0 Å². The lowest BCUT2D eigenvalue weighted by molar-refractivity contribution is -0.143. The van der Waals surface area contributed by atoms with E-state index < -0.39 is 28.7 Å². The Bertz CT molecular complexity index is 1130. The molecule has 6 atom stereocenters. The average Bonchev–Trinajstić information content (AvgIpc) is 3.52. The molecule has 2 aromatic rings. The number of fused-ring (bicyclic) bond motifs is 1. The molecule has 2 aromatic carbocycles. The third-order valence-corrected chi connectivity index (χ3v) is 9.67. The monoisotopic (exact) mass is 507 g/mol. The van der Waals surface area contributed by atoms with Crippen molar-refractivity contribution in [3.8, 4) is 0 Å². The molecular formula is C28H33N3O4S. The number of amides is 3. The first kappa shape index (κ1) is 24.8. The minimum atomic E-state index is -0.753. The molecule has 3 heterocycles. The van der Waals surface area contributed by atoms with E-state index in [1.807, 2.05) is 74.5 Å². The third kappa shape index (κ3) is 4.10. The Labute approximate surface area is 216 Å². The zero-order valence-electron chi connectivity index (χ0n) is 20.6. The van der Waals surface area contributed by atoms with Crippen molar-refractivity contribution in [2.45, 2.75) is 61.4 Å². The number of aliphatic hydroxyl groups is 1. The number of carbonyl (C=O) groups excluding carboxylic acids is 3. The highest BCUT2D eigenvalue weighted by Crippen LogP contribution is 2.67. The van der Waals surface area contributed by atoms with Gasteiger partial charge in [0.2, 0.25) is 17.7 Å². The molecule has 0 aliphatic carbocycles. The summed E-state index contributed by atoms with van der Waals surface area (Å²) in [4.78, 5) is 43.0. The van der Waals surface area contributed by atoms with Gasteiger partial charge in [-0.3, -0.25) is 14.4 Å². The molecule has 190 valence electrons. The van der Waals surface area contributed by atoms with Gasteiger partial charge in [-0.15, -0.1) is 11.8 Å². The van der Waals surface area contributed by atoms with Crippen molar-refractivity contribution in [3.63, 3.8) is 0 Å². The molecule has 7 nitrogen and oxygen atoms in total. The highest BCUT2D eigenvalue weighted by atomic mass is 32.2. The number of hydrogen-bond donors (Lipinski definition) is 3. The van der Waals surface area contributed by atoms with E-state index in [2.05, 4.69) is 10.6 Å². The number of hydrogen-bond acceptors (Lipinski definition) is 5. The predicted octanol–water partition coefficient (Wildman–Crippen LogP) is 2.65. The van der Waals surface area contributed by atoms with Crippen molar-refractivity contribution in [2.24, 2.45) is 11.8 Å². The Balaban J connectivity index is 1.50. The van der Waals surface area contributed by atoms with Gasteiger partial charge in [0.05, 0.1) is 29.2 Å². The van der Waals surface area contributed by atoms with Gasteiger partial charge in [0.15, 0.2) is 0 Å². The fourth-order valence-electron chi connectivity index (χ4n) is 6.32. The second-order valence-corrected chi connectivity index (χ2v) is 11.9. The number of aliphatic hydroxyl groups excluding tert-OH is 1. The highest BCUT2D eigenvalue weighted by molar-refractivity contribution is 8.02. The SMILES string of the molecule is CC(C)NC(=O)C1N([C@H](CO)c2ccccc2)C(=O)[C@@H]2[C@@H](C(=O)NCc3ccccc3)[C@H]3CCC12S3. The maximum atomic E-state index is 14.2. The van der Waals surface area contributed by atoms with Crippen LogP contribution in [0.25, 0.3) is 0 Å². The lowest BCUT2D eigenvalue weighted by Crippen LogP contribution is -2.55. The fraction of sp³-hybridized carbons (Fsp3) is 0.464. The summed E-state index contributed by atoms with van der Waals surface area (Å²) in [5.41, 5.74) is 1.77. The van der Waals surface area contributed by atoms with Gasteiger partial charge in [0.1, 0.15) is 6.04 Å². The quantitative estimate of drug-likeness (QED) is 0.510. The molecule has 2 bridgehead atoms. The summed E-state index contributed by atoms with van der Waals surface area (Å²) in [6.07, 6.45) is 1.48. The molecule has 3 N–H and O–H groups in total. The van der Waals surface area contributed by atoms with Crippen LogP contribution in [0.3, 0.4) is 0 Å². The Morgan fingerprint density at radius 2 is 1.75 bits per heavy atom. The summed E-state index contributed by atoms with van der Waals surface area (Å²) < 4.78 is -0.683. The van der Waals surface area contributed by atoms with Crippen molar-refractivity contribution in [2.75, 3.05) is 6.61 Å². The Kier molecular flexibility index (Phi) is 6.83. The molecule has 8 heteroatoms. The van der Waals surface area contributed by atoms with E-state index in [1.54, 1.807) is 16.7 Å². The first-order valence-electron chi connectivity index (χ1n) is 12.6. The van der Waals surface area contributed by atoms with E-state index in [0.29, 0.717) is 13.0 Å². The highest BCUT2D eigenvalue weighted by Gasteiger charge is 2.74. The van der Waals surface area contributed by atoms with E-state index in [9.17, 15) is 19.5 Å². The van der Waals surface area contributed by atoms with Crippen LogP contribution in [0, 0.1) is 11.8 Å². The van der Waals surface area contributed by atoms with Crippen molar-refractivity contribution in [1.82, 2.24) is 15.5 Å². The minimum Gasteiger partial charge on any atom is -0.394 e. The van der Waals surface area contributed by atoms with E-state index in [4.69, 9.17) is 0 Å². The van der Waals surface area contributed by atoms with Crippen LogP contribution in [0.5, 0.6) is 0 Å². The van der Waals surface area contributed by atoms with Gasteiger partial charge in [-0.1, -0.05) is 60.7 Å². The number of rotatable bonds is 8. The first-order chi connectivity index (χ1) is 17.4. The summed E-state index contributed by atoms with van der Waals surface area (Å²) in [6, 6.07) is 17.5. The standard InChI is InChI=1S/C28H33N3O4S/c1-17(2)30-26(34)24-28-14-13-21(36-28)22(25(33)29-15-18-9-5-3-6-10-18)23(28)27(35)31(24)20(16-32)19-11-7-4-8-12-19/h3-12,17,20-24,32H,13-16H2,1-2H3,(H,29,33)(H,30,34)/t20-,21-,22+,23+,24?,28?/m1/s1. The molecule has 1 spiro atoms. The lowest BCUT2D eigenvalue weighted by Gasteiger charge is -2.37. The first-order valence-corrected chi connectivity index (χ1v) is 13.5. The number of nitrogens with zero attached hydrogens (tertiary/aromatic N) is 1. The third-order valence-electron chi connectivity index (χ3n) is 7.72. The molecule has 3 fully saturated rings. The molecular weight excluding hydrogens is 474 g/mol. The van der Waals surface area contributed by atoms with Gasteiger partial charge in [0.25, 0.3) is 0 Å². The minimum absolute atomic E-state index is 0.00414. The lowest BCUT2D eigenvalue weighted by atomic mass is 9.70. The molecule has 3 saturated heterocycles. The van der Waals surface area contributed by atoms with Gasteiger partial charge >= 0.3 is 0 Å². The largest absolute Gasteiger partial charge is 0.394 e. The van der Waals surface area contributed by atoms with E-state index in [1.165, 1.54) is 0 Å². The molecule has 3 aliphatic rings. The normalized spacial score (nSPS) is 29.3. The summed E-state index contributed by atoms with van der Waals surface area (Å²) in [5, 5.41) is 16.5. The van der Waals surface area contributed by atoms with Crippen LogP contribution in [-0.2, 0) is 20.9 Å². The molecule has 3 aliphatic heterocycles. The van der Waals surface area contributed by atoms with Crippen molar-refractivity contribution in [1.29, 1.82) is 0 Å². The van der Waals surface area contributed by atoms with Gasteiger partial charge in [-0.2, -0.15) is 0 Å². The average molecular weight is 508 g/mol. The number of likely N-dealkylation sites (tertiary alicyclic amines) is 1. The second-order valence-electron chi connectivity index (χ2n) is 10.3. The molecule has 0 aromatic heterocycles. The van der Waals surface area contributed by atoms with Crippen molar-refractivity contribution < 1.29 is 19.5 Å². The van der Waals surface area contributed by atoms with Crippen LogP contribution in [0.2, 0.25) is 0 Å². The fourth-order valence-corrected chi connectivity index (χ4v) is 8.53. The molecule has 36 heavy (non-hydrogen) atoms. The van der Waals surface area contributed by atoms with Crippen LogP contribution in [-0.4, -0.2) is 56.4 Å². The Morgan fingerprint density at radius 1 is 1.08 bits per heavy atom. The summed E-state index contributed by atoms with van der Waals surface area (Å²) in [6.45, 7) is 3.89. The molecule has 2 unspecified atom stereocenters. The van der Waals surface area contributed by atoms with Crippen LogP contribution in [0.15, 0.2) is 60.7 Å². The van der Waals surface area contributed by atoms with E-state index in [-0.39, 0.29) is 35.6 Å². The molecule has 3 amide bonds. The number of nitrogens with one attached hydrogen (secondary N) is 2. The maximum Gasteiger partial charge on any atom is 0.244 e. The Morgan fingerprint density at radius 3 is 2.39 bits per heavy atom. The van der Waals surface area contributed by atoms with Gasteiger partial charge < -0.3 is 20.6 Å². The predicted molar refractivity (Wildman–Crippen MR) is 139 cm³/mol. The zero-order chi connectivity index (χ0) is 25.4.